The fraction of sp³-hybridized carbons (Fsp3) is 0.733. The summed E-state index contributed by atoms with van der Waals surface area (Å²) in [6.07, 6.45) is 11.0. The van der Waals surface area contributed by atoms with Gasteiger partial charge in [-0.15, -0.1) is 0 Å². The lowest BCUT2D eigenvalue weighted by molar-refractivity contribution is 0.156. The average molecular weight is 218 g/mol. The molecule has 0 radical (unpaired) electrons. The molecular weight excluding hydrogens is 196 g/mol. The van der Waals surface area contributed by atoms with Crippen LogP contribution in [0.15, 0.2) is 23.8 Å². The van der Waals surface area contributed by atoms with E-state index in [4.69, 9.17) is 0 Å². The van der Waals surface area contributed by atoms with Gasteiger partial charge in [0.05, 0.1) is 6.10 Å². The van der Waals surface area contributed by atoms with Crippen molar-refractivity contribution in [2.75, 3.05) is 0 Å². The smallest absolute Gasteiger partial charge is 0.0572 e. The minimum atomic E-state index is -0.207. The predicted octanol–water partition coefficient (Wildman–Crippen LogP) is 3.16. The van der Waals surface area contributed by atoms with Crippen LogP contribution in [0.3, 0.4) is 0 Å². The highest BCUT2D eigenvalue weighted by Gasteiger charge is 2.49. The van der Waals surface area contributed by atoms with E-state index in [9.17, 15) is 5.11 Å². The minimum Gasteiger partial charge on any atom is -0.393 e. The fourth-order valence-corrected chi connectivity index (χ4v) is 4.05. The third kappa shape index (κ3) is 1.48. The first-order valence-corrected chi connectivity index (χ1v) is 6.72. The molecule has 0 aromatic rings. The average Bonchev–Trinajstić information content (AvgIpc) is 2.87. The van der Waals surface area contributed by atoms with E-state index in [2.05, 4.69) is 25.2 Å². The topological polar surface area (TPSA) is 20.2 Å². The van der Waals surface area contributed by atoms with Gasteiger partial charge in [0.2, 0.25) is 0 Å². The molecule has 0 amide bonds. The second-order valence-corrected chi connectivity index (χ2v) is 6.05. The quantitative estimate of drug-likeness (QED) is 0.706. The molecule has 0 aromatic carbocycles. The molecule has 3 aliphatic carbocycles. The summed E-state index contributed by atoms with van der Waals surface area (Å²) < 4.78 is 0. The number of allylic oxidation sites excluding steroid dienone is 3. The Bertz CT molecular complexity index is 339. The monoisotopic (exact) mass is 218 g/mol. The van der Waals surface area contributed by atoms with Gasteiger partial charge in [0.25, 0.3) is 0 Å². The highest BCUT2D eigenvalue weighted by molar-refractivity contribution is 5.27. The molecule has 6 atom stereocenters. The molecular formula is C15H22O. The first kappa shape index (κ1) is 10.6. The minimum absolute atomic E-state index is 0.207. The van der Waals surface area contributed by atoms with Gasteiger partial charge >= 0.3 is 0 Å². The van der Waals surface area contributed by atoms with Crippen molar-refractivity contribution in [1.29, 1.82) is 0 Å². The summed E-state index contributed by atoms with van der Waals surface area (Å²) in [4.78, 5) is 0. The van der Waals surface area contributed by atoms with E-state index >= 15 is 0 Å². The number of fused-ring (bicyclic) bond motifs is 5. The van der Waals surface area contributed by atoms with Crippen molar-refractivity contribution in [1.82, 2.24) is 0 Å². The molecule has 3 rings (SSSR count). The van der Waals surface area contributed by atoms with Crippen molar-refractivity contribution < 1.29 is 5.11 Å². The molecule has 16 heavy (non-hydrogen) atoms. The Morgan fingerprint density at radius 3 is 3.00 bits per heavy atom. The van der Waals surface area contributed by atoms with Crippen LogP contribution in [-0.2, 0) is 0 Å². The van der Waals surface area contributed by atoms with E-state index in [1.807, 2.05) is 6.92 Å². The molecule has 1 heteroatoms. The lowest BCUT2D eigenvalue weighted by Gasteiger charge is -2.27. The van der Waals surface area contributed by atoms with E-state index in [0.29, 0.717) is 5.92 Å². The van der Waals surface area contributed by atoms with E-state index in [-0.39, 0.29) is 6.10 Å². The van der Waals surface area contributed by atoms with Gasteiger partial charge < -0.3 is 5.11 Å². The molecule has 0 spiro atoms. The van der Waals surface area contributed by atoms with E-state index < -0.39 is 0 Å². The number of rotatable bonds is 2. The van der Waals surface area contributed by atoms with Gasteiger partial charge in [-0.05, 0) is 55.8 Å². The SMILES string of the molecule is C[C@@H](O)[C@@H](C)/C=C1\CC2CC1[C@H]1C=CC[C@@H]21. The Hall–Kier alpha value is -0.560. The van der Waals surface area contributed by atoms with Crippen LogP contribution in [0, 0.1) is 29.6 Å². The molecule has 1 N–H and O–H groups in total. The van der Waals surface area contributed by atoms with Gasteiger partial charge in [0, 0.05) is 0 Å². The number of hydrogen-bond donors (Lipinski definition) is 1. The Labute approximate surface area is 98.2 Å². The van der Waals surface area contributed by atoms with Gasteiger partial charge in [-0.3, -0.25) is 0 Å². The zero-order chi connectivity index (χ0) is 11.3. The number of aliphatic hydroxyl groups excluding tert-OH is 1. The third-order valence-corrected chi connectivity index (χ3v) is 5.10. The van der Waals surface area contributed by atoms with Gasteiger partial charge in [0.15, 0.2) is 0 Å². The summed E-state index contributed by atoms with van der Waals surface area (Å²) in [5.74, 6) is 3.88. The summed E-state index contributed by atoms with van der Waals surface area (Å²) in [7, 11) is 0. The molecule has 3 aliphatic rings. The molecule has 2 fully saturated rings. The van der Waals surface area contributed by atoms with Crippen molar-refractivity contribution in [2.45, 2.75) is 39.2 Å². The maximum Gasteiger partial charge on any atom is 0.0572 e. The largest absolute Gasteiger partial charge is 0.393 e. The zero-order valence-corrected chi connectivity index (χ0v) is 10.3. The third-order valence-electron chi connectivity index (χ3n) is 5.10. The van der Waals surface area contributed by atoms with Gasteiger partial charge in [-0.25, -0.2) is 0 Å². The molecule has 88 valence electrons. The fourth-order valence-electron chi connectivity index (χ4n) is 4.05. The van der Waals surface area contributed by atoms with Crippen LogP contribution in [-0.4, -0.2) is 11.2 Å². The molecule has 0 heterocycles. The van der Waals surface area contributed by atoms with E-state index in [1.165, 1.54) is 19.3 Å². The van der Waals surface area contributed by atoms with Crippen LogP contribution in [0.2, 0.25) is 0 Å². The van der Waals surface area contributed by atoms with Crippen LogP contribution in [0.25, 0.3) is 0 Å². The van der Waals surface area contributed by atoms with Crippen molar-refractivity contribution in [3.05, 3.63) is 23.8 Å². The molecule has 2 saturated carbocycles. The number of aliphatic hydroxyl groups is 1. The van der Waals surface area contributed by atoms with Crippen LogP contribution in [0.5, 0.6) is 0 Å². The summed E-state index contributed by atoms with van der Waals surface area (Å²) in [5.41, 5.74) is 1.64. The highest BCUT2D eigenvalue weighted by Crippen LogP contribution is 2.58. The lowest BCUT2D eigenvalue weighted by Crippen LogP contribution is -2.20. The normalized spacial score (nSPS) is 46.3. The Kier molecular flexibility index (Phi) is 2.47. The van der Waals surface area contributed by atoms with Crippen LogP contribution >= 0.6 is 0 Å². The predicted molar refractivity (Wildman–Crippen MR) is 65.9 cm³/mol. The Morgan fingerprint density at radius 2 is 2.25 bits per heavy atom. The highest BCUT2D eigenvalue weighted by atomic mass is 16.3. The summed E-state index contributed by atoms with van der Waals surface area (Å²) in [6, 6.07) is 0. The molecule has 0 saturated heterocycles. The molecule has 2 unspecified atom stereocenters. The molecule has 2 bridgehead atoms. The number of hydrogen-bond acceptors (Lipinski definition) is 1. The zero-order valence-electron chi connectivity index (χ0n) is 10.3. The van der Waals surface area contributed by atoms with E-state index in [0.717, 1.165) is 23.7 Å². The molecule has 0 aliphatic heterocycles. The van der Waals surface area contributed by atoms with Gasteiger partial charge in [-0.1, -0.05) is 30.7 Å². The Balaban J connectivity index is 1.79. The maximum absolute atomic E-state index is 9.58. The van der Waals surface area contributed by atoms with Crippen molar-refractivity contribution in [2.24, 2.45) is 29.6 Å². The van der Waals surface area contributed by atoms with Gasteiger partial charge in [-0.2, -0.15) is 0 Å². The Morgan fingerprint density at radius 1 is 1.44 bits per heavy atom. The summed E-state index contributed by atoms with van der Waals surface area (Å²) in [6.45, 7) is 4.03. The standard InChI is InChI=1S/C15H22O/c1-9(10(2)16)6-11-7-12-8-15(11)14-5-3-4-13(12)14/h3,5-6,9-10,12-16H,4,7-8H2,1-2H3/b11-6+/t9-,10+,12?,13-,14-,15?/m0/s1. The lowest BCUT2D eigenvalue weighted by atomic mass is 9.78. The van der Waals surface area contributed by atoms with Crippen molar-refractivity contribution >= 4 is 0 Å². The maximum atomic E-state index is 9.58. The van der Waals surface area contributed by atoms with Crippen LogP contribution in [0.4, 0.5) is 0 Å². The summed E-state index contributed by atoms with van der Waals surface area (Å²) >= 11 is 0. The van der Waals surface area contributed by atoms with Crippen molar-refractivity contribution in [3.8, 4) is 0 Å². The van der Waals surface area contributed by atoms with E-state index in [1.54, 1.807) is 5.57 Å². The van der Waals surface area contributed by atoms with Crippen LogP contribution < -0.4 is 0 Å². The summed E-state index contributed by atoms with van der Waals surface area (Å²) in [5, 5.41) is 9.58. The second kappa shape index (κ2) is 3.73. The first-order chi connectivity index (χ1) is 7.66. The van der Waals surface area contributed by atoms with Gasteiger partial charge in [0.1, 0.15) is 0 Å². The molecule has 0 aromatic heterocycles. The molecule has 1 nitrogen and oxygen atoms in total. The van der Waals surface area contributed by atoms with Crippen molar-refractivity contribution in [3.63, 3.8) is 0 Å². The van der Waals surface area contributed by atoms with Crippen LogP contribution in [0.1, 0.15) is 33.1 Å². The second-order valence-electron chi connectivity index (χ2n) is 6.05. The first-order valence-electron chi connectivity index (χ1n) is 6.72.